The second kappa shape index (κ2) is 8.77. The first kappa shape index (κ1) is 22.6. The van der Waals surface area contributed by atoms with Crippen molar-refractivity contribution in [2.75, 3.05) is 13.1 Å². The van der Waals surface area contributed by atoms with Gasteiger partial charge in [-0.1, -0.05) is 17.7 Å². The average Bonchev–Trinajstić information content (AvgIpc) is 3.34. The summed E-state index contributed by atoms with van der Waals surface area (Å²) in [6.07, 6.45) is 2.43. The van der Waals surface area contributed by atoms with Gasteiger partial charge in [-0.25, -0.2) is 8.42 Å². The Labute approximate surface area is 192 Å². The van der Waals surface area contributed by atoms with E-state index in [0.29, 0.717) is 30.3 Å². The minimum absolute atomic E-state index is 0.00637. The fourth-order valence-corrected chi connectivity index (χ4v) is 6.02. The van der Waals surface area contributed by atoms with Gasteiger partial charge in [0.15, 0.2) is 0 Å². The molecule has 1 saturated heterocycles. The molecule has 32 heavy (non-hydrogen) atoms. The lowest BCUT2D eigenvalue weighted by Gasteiger charge is -2.17. The maximum absolute atomic E-state index is 13.2. The number of hydrogen-bond acceptors (Lipinski definition) is 4. The number of aromatic nitrogens is 1. The van der Waals surface area contributed by atoms with E-state index >= 15 is 0 Å². The summed E-state index contributed by atoms with van der Waals surface area (Å²) in [5.41, 5.74) is 1.61. The first-order valence-electron chi connectivity index (χ1n) is 10.4. The Kier molecular flexibility index (Phi) is 6.20. The summed E-state index contributed by atoms with van der Waals surface area (Å²) in [6, 6.07) is 11.8. The van der Waals surface area contributed by atoms with Crippen molar-refractivity contribution < 1.29 is 23.1 Å². The van der Waals surface area contributed by atoms with Crippen LogP contribution in [0.3, 0.4) is 0 Å². The van der Waals surface area contributed by atoms with Crippen LogP contribution in [0.1, 0.15) is 31.7 Å². The fourth-order valence-electron chi connectivity index (χ4n) is 4.24. The number of nitrogens with zero attached hydrogens (tertiary/aromatic N) is 2. The Balaban J connectivity index is 1.61. The largest absolute Gasteiger partial charge is 0.491 e. The van der Waals surface area contributed by atoms with Gasteiger partial charge in [0.2, 0.25) is 10.0 Å². The van der Waals surface area contributed by atoms with Gasteiger partial charge in [-0.2, -0.15) is 4.31 Å². The van der Waals surface area contributed by atoms with Crippen molar-refractivity contribution in [3.8, 4) is 5.75 Å². The van der Waals surface area contributed by atoms with E-state index in [-0.39, 0.29) is 23.5 Å². The van der Waals surface area contributed by atoms with Gasteiger partial charge in [-0.05, 0) is 62.2 Å². The summed E-state index contributed by atoms with van der Waals surface area (Å²) in [5, 5.41) is 10.6. The molecule has 1 aliphatic rings. The summed E-state index contributed by atoms with van der Waals surface area (Å²) in [5.74, 6) is -0.404. The van der Waals surface area contributed by atoms with Crippen LogP contribution in [0, 0.1) is 0 Å². The minimum Gasteiger partial charge on any atom is -0.491 e. The monoisotopic (exact) mass is 476 g/mol. The van der Waals surface area contributed by atoms with Gasteiger partial charge in [0.1, 0.15) is 12.3 Å². The van der Waals surface area contributed by atoms with Gasteiger partial charge in [-0.15, -0.1) is 0 Å². The molecule has 1 aromatic heterocycles. The zero-order chi connectivity index (χ0) is 23.0. The number of carboxylic acid groups (broad SMARTS) is 1. The molecule has 1 fully saturated rings. The molecule has 0 radical (unpaired) electrons. The fraction of sp³-hybridized carbons (Fsp3) is 0.348. The first-order chi connectivity index (χ1) is 15.2. The topological polar surface area (TPSA) is 88.8 Å². The Morgan fingerprint density at radius 1 is 1.22 bits per heavy atom. The van der Waals surface area contributed by atoms with Gasteiger partial charge in [0.05, 0.1) is 21.5 Å². The Morgan fingerprint density at radius 2 is 1.94 bits per heavy atom. The third kappa shape index (κ3) is 4.35. The molecule has 2 heterocycles. The molecule has 3 aromatic rings. The summed E-state index contributed by atoms with van der Waals surface area (Å²) < 4.78 is 35.1. The number of sulfonamides is 1. The van der Waals surface area contributed by atoms with E-state index < -0.39 is 16.0 Å². The van der Waals surface area contributed by atoms with Gasteiger partial charge in [-0.3, -0.25) is 4.79 Å². The van der Waals surface area contributed by atoms with Crippen LogP contribution >= 0.6 is 11.6 Å². The highest BCUT2D eigenvalue weighted by molar-refractivity contribution is 7.89. The van der Waals surface area contributed by atoms with Crippen LogP contribution < -0.4 is 4.74 Å². The second-order valence-electron chi connectivity index (χ2n) is 8.23. The zero-order valence-electron chi connectivity index (χ0n) is 17.9. The summed E-state index contributed by atoms with van der Waals surface area (Å²) >= 11 is 6.46. The van der Waals surface area contributed by atoms with Crippen LogP contribution in [0.15, 0.2) is 53.6 Å². The number of fused-ring (bicyclic) bond motifs is 1. The summed E-state index contributed by atoms with van der Waals surface area (Å²) in [4.78, 5) is 11.5. The molecule has 9 heteroatoms. The molecule has 0 saturated carbocycles. The maximum Gasteiger partial charge on any atom is 0.323 e. The number of ether oxygens (including phenoxy) is 1. The van der Waals surface area contributed by atoms with Crippen molar-refractivity contribution >= 4 is 38.5 Å². The van der Waals surface area contributed by atoms with Gasteiger partial charge < -0.3 is 14.4 Å². The number of rotatable bonds is 7. The highest BCUT2D eigenvalue weighted by Crippen LogP contribution is 2.38. The molecule has 1 unspecified atom stereocenters. The SMILES string of the molecule is CC(C)Oc1ccc(S(=O)(=O)N2CCC(c3cn(CC(=O)O)c4cccc(Cl)c34)C2)cc1. The van der Waals surface area contributed by atoms with Crippen molar-refractivity contribution in [3.63, 3.8) is 0 Å². The van der Waals surface area contributed by atoms with Crippen molar-refractivity contribution in [2.45, 2.75) is 43.7 Å². The third-order valence-corrected chi connectivity index (χ3v) is 7.81. The number of benzene rings is 2. The van der Waals surface area contributed by atoms with E-state index in [1.54, 1.807) is 47.2 Å². The molecule has 1 aliphatic heterocycles. The Hall–Kier alpha value is -2.55. The normalized spacial score (nSPS) is 17.3. The highest BCUT2D eigenvalue weighted by Gasteiger charge is 2.35. The van der Waals surface area contributed by atoms with Crippen LogP contribution in [-0.4, -0.2) is 47.6 Å². The second-order valence-corrected chi connectivity index (χ2v) is 10.6. The number of carbonyl (C=O) groups is 1. The van der Waals surface area contributed by atoms with Crippen LogP contribution in [0.2, 0.25) is 5.02 Å². The van der Waals surface area contributed by atoms with Gasteiger partial charge in [0, 0.05) is 30.6 Å². The number of halogens is 1. The van der Waals surface area contributed by atoms with Crippen molar-refractivity contribution in [1.82, 2.24) is 8.87 Å². The minimum atomic E-state index is -3.66. The van der Waals surface area contributed by atoms with E-state index in [1.165, 1.54) is 4.31 Å². The highest BCUT2D eigenvalue weighted by atomic mass is 35.5. The van der Waals surface area contributed by atoms with E-state index in [0.717, 1.165) is 16.5 Å². The predicted octanol–water partition coefficient (Wildman–Crippen LogP) is 4.34. The van der Waals surface area contributed by atoms with E-state index in [1.807, 2.05) is 19.9 Å². The lowest BCUT2D eigenvalue weighted by molar-refractivity contribution is -0.137. The predicted molar refractivity (Wildman–Crippen MR) is 123 cm³/mol. The average molecular weight is 477 g/mol. The van der Waals surface area contributed by atoms with Crippen molar-refractivity contribution in [3.05, 3.63) is 59.2 Å². The van der Waals surface area contributed by atoms with Crippen LogP contribution in [0.4, 0.5) is 0 Å². The summed E-state index contributed by atoms with van der Waals surface area (Å²) in [7, 11) is -3.66. The molecule has 0 spiro atoms. The van der Waals surface area contributed by atoms with Crippen LogP contribution in [0.5, 0.6) is 5.75 Å². The molecular formula is C23H25ClN2O5S. The standard InChI is InChI=1S/C23H25ClN2O5S/c1-15(2)31-17-6-8-18(9-7-17)32(29,30)26-11-10-16(12-26)19-13-25(14-22(27)28)21-5-3-4-20(24)23(19)21/h3-9,13,15-16H,10-12,14H2,1-2H3,(H,27,28). The van der Waals surface area contributed by atoms with Crippen LogP contribution in [0.25, 0.3) is 10.9 Å². The quantitative estimate of drug-likeness (QED) is 0.547. The summed E-state index contributed by atoms with van der Waals surface area (Å²) in [6.45, 7) is 4.33. The molecule has 0 aliphatic carbocycles. The first-order valence-corrected chi connectivity index (χ1v) is 12.2. The van der Waals surface area contributed by atoms with Crippen molar-refractivity contribution in [2.24, 2.45) is 0 Å². The maximum atomic E-state index is 13.2. The van der Waals surface area contributed by atoms with Gasteiger partial charge in [0.25, 0.3) is 0 Å². The Morgan fingerprint density at radius 3 is 2.59 bits per heavy atom. The third-order valence-electron chi connectivity index (χ3n) is 5.61. The molecule has 0 amide bonds. The number of aliphatic carboxylic acids is 1. The zero-order valence-corrected chi connectivity index (χ0v) is 19.4. The molecule has 1 atom stereocenters. The molecular weight excluding hydrogens is 452 g/mol. The van der Waals surface area contributed by atoms with E-state index in [2.05, 4.69) is 0 Å². The Bertz CT molecular complexity index is 1250. The molecule has 0 bridgehead atoms. The van der Waals surface area contributed by atoms with E-state index in [4.69, 9.17) is 16.3 Å². The van der Waals surface area contributed by atoms with Crippen LogP contribution in [-0.2, 0) is 21.4 Å². The van der Waals surface area contributed by atoms with Gasteiger partial charge >= 0.3 is 5.97 Å². The number of carboxylic acids is 1. The van der Waals surface area contributed by atoms with E-state index in [9.17, 15) is 18.3 Å². The molecule has 2 aromatic carbocycles. The lowest BCUT2D eigenvalue weighted by Crippen LogP contribution is -2.28. The smallest absolute Gasteiger partial charge is 0.323 e. The molecule has 4 rings (SSSR count). The van der Waals surface area contributed by atoms with Crippen molar-refractivity contribution in [1.29, 1.82) is 0 Å². The lowest BCUT2D eigenvalue weighted by atomic mass is 9.98. The number of hydrogen-bond donors (Lipinski definition) is 1. The molecule has 170 valence electrons. The molecule has 7 nitrogen and oxygen atoms in total. The molecule has 1 N–H and O–H groups in total.